The van der Waals surface area contributed by atoms with Crippen molar-refractivity contribution in [1.29, 1.82) is 0 Å². The van der Waals surface area contributed by atoms with Crippen molar-refractivity contribution in [2.45, 2.75) is 50.8 Å². The SMILES string of the molecule is CC1CC[NH+](CC2CCC(Cl)CC2)CC1. The van der Waals surface area contributed by atoms with Crippen LogP contribution in [-0.4, -0.2) is 25.0 Å². The van der Waals surface area contributed by atoms with Gasteiger partial charge in [-0.25, -0.2) is 0 Å². The summed E-state index contributed by atoms with van der Waals surface area (Å²) in [5.74, 6) is 1.95. The topological polar surface area (TPSA) is 4.44 Å². The van der Waals surface area contributed by atoms with Crippen LogP contribution >= 0.6 is 11.6 Å². The van der Waals surface area contributed by atoms with Gasteiger partial charge >= 0.3 is 0 Å². The number of piperidine rings is 1. The second kappa shape index (κ2) is 5.54. The van der Waals surface area contributed by atoms with Gasteiger partial charge in [0.05, 0.1) is 19.6 Å². The average Bonchev–Trinajstić information content (AvgIpc) is 2.25. The molecule has 2 heteroatoms. The highest BCUT2D eigenvalue weighted by atomic mass is 35.5. The van der Waals surface area contributed by atoms with Crippen LogP contribution in [0.5, 0.6) is 0 Å². The first-order valence-corrected chi connectivity index (χ1v) is 7.15. The number of halogens is 1. The Kier molecular flexibility index (Phi) is 4.33. The van der Waals surface area contributed by atoms with Crippen LogP contribution < -0.4 is 4.90 Å². The highest BCUT2D eigenvalue weighted by molar-refractivity contribution is 6.20. The minimum absolute atomic E-state index is 0.484. The average molecular weight is 231 g/mol. The molecule has 2 rings (SSSR count). The number of alkyl halides is 1. The molecule has 1 aliphatic carbocycles. The third-order valence-corrected chi connectivity index (χ3v) is 4.77. The summed E-state index contributed by atoms with van der Waals surface area (Å²) in [6, 6.07) is 0. The quantitative estimate of drug-likeness (QED) is 0.694. The lowest BCUT2D eigenvalue weighted by molar-refractivity contribution is -0.909. The van der Waals surface area contributed by atoms with Crippen molar-refractivity contribution in [3.05, 3.63) is 0 Å². The van der Waals surface area contributed by atoms with Crippen molar-refractivity contribution in [1.82, 2.24) is 0 Å². The van der Waals surface area contributed by atoms with Gasteiger partial charge in [0.15, 0.2) is 0 Å². The van der Waals surface area contributed by atoms with Crippen LogP contribution in [-0.2, 0) is 0 Å². The van der Waals surface area contributed by atoms with Gasteiger partial charge in [-0.1, -0.05) is 6.92 Å². The molecular formula is C13H25ClN+. The molecule has 1 saturated carbocycles. The van der Waals surface area contributed by atoms with Crippen molar-refractivity contribution >= 4 is 11.6 Å². The number of quaternary nitrogens is 1. The van der Waals surface area contributed by atoms with Crippen LogP contribution in [0.3, 0.4) is 0 Å². The largest absolute Gasteiger partial charge is 0.335 e. The fourth-order valence-electron chi connectivity index (χ4n) is 3.11. The summed E-state index contributed by atoms with van der Waals surface area (Å²) >= 11 is 6.14. The number of hydrogen-bond acceptors (Lipinski definition) is 0. The third kappa shape index (κ3) is 3.64. The molecule has 2 aliphatic rings. The van der Waals surface area contributed by atoms with Gasteiger partial charge in [0.1, 0.15) is 0 Å². The zero-order valence-corrected chi connectivity index (χ0v) is 10.7. The first-order chi connectivity index (χ1) is 7.24. The molecule has 1 nitrogen and oxygen atoms in total. The Morgan fingerprint density at radius 1 is 1.00 bits per heavy atom. The zero-order valence-electron chi connectivity index (χ0n) is 9.97. The summed E-state index contributed by atoms with van der Waals surface area (Å²) in [6.07, 6.45) is 8.17. The van der Waals surface area contributed by atoms with Gasteiger partial charge in [0.2, 0.25) is 0 Å². The second-order valence-electron chi connectivity index (χ2n) is 5.75. The summed E-state index contributed by atoms with van der Waals surface area (Å²) in [4.78, 5) is 1.87. The van der Waals surface area contributed by atoms with Crippen molar-refractivity contribution < 1.29 is 4.90 Å². The van der Waals surface area contributed by atoms with E-state index in [0.29, 0.717) is 5.38 Å². The molecule has 2 fully saturated rings. The van der Waals surface area contributed by atoms with Crippen LogP contribution in [0.15, 0.2) is 0 Å². The van der Waals surface area contributed by atoms with E-state index >= 15 is 0 Å². The summed E-state index contributed by atoms with van der Waals surface area (Å²) in [6.45, 7) is 6.66. The smallest absolute Gasteiger partial charge is 0.0799 e. The van der Waals surface area contributed by atoms with Gasteiger partial charge < -0.3 is 4.90 Å². The molecule has 0 atom stereocenters. The molecule has 1 saturated heterocycles. The Morgan fingerprint density at radius 2 is 1.60 bits per heavy atom. The lowest BCUT2D eigenvalue weighted by atomic mass is 9.88. The highest BCUT2D eigenvalue weighted by Crippen LogP contribution is 2.26. The van der Waals surface area contributed by atoms with Crippen molar-refractivity contribution in [3.63, 3.8) is 0 Å². The predicted octanol–water partition coefficient (Wildman–Crippen LogP) is 2.10. The van der Waals surface area contributed by atoms with Crippen molar-refractivity contribution in [2.24, 2.45) is 11.8 Å². The summed E-state index contributed by atoms with van der Waals surface area (Å²) in [5.41, 5.74) is 0. The van der Waals surface area contributed by atoms with Gasteiger partial charge in [-0.2, -0.15) is 0 Å². The lowest BCUT2D eigenvalue weighted by Crippen LogP contribution is -3.13. The maximum Gasteiger partial charge on any atom is 0.0799 e. The molecule has 0 aromatic heterocycles. The fourth-order valence-corrected chi connectivity index (χ4v) is 3.36. The van der Waals surface area contributed by atoms with E-state index in [4.69, 9.17) is 11.6 Å². The number of rotatable bonds is 2. The highest BCUT2D eigenvalue weighted by Gasteiger charge is 2.25. The molecule has 0 unspecified atom stereocenters. The van der Waals surface area contributed by atoms with E-state index in [0.717, 1.165) is 11.8 Å². The maximum atomic E-state index is 6.14. The summed E-state index contributed by atoms with van der Waals surface area (Å²) in [7, 11) is 0. The van der Waals surface area contributed by atoms with E-state index in [1.165, 1.54) is 58.2 Å². The Bertz CT molecular complexity index is 159. The van der Waals surface area contributed by atoms with E-state index in [1.807, 2.05) is 4.90 Å². The number of likely N-dealkylation sites (tertiary alicyclic amines) is 1. The van der Waals surface area contributed by atoms with Gasteiger partial charge in [0, 0.05) is 11.3 Å². The van der Waals surface area contributed by atoms with E-state index in [1.54, 1.807) is 0 Å². The monoisotopic (exact) mass is 230 g/mol. The molecule has 0 radical (unpaired) electrons. The van der Waals surface area contributed by atoms with Crippen LogP contribution in [0.4, 0.5) is 0 Å². The molecule has 0 amide bonds. The standard InChI is InChI=1S/C13H24ClN/c1-11-6-8-15(9-7-11)10-12-2-4-13(14)5-3-12/h11-13H,2-10H2,1H3/p+1. The van der Waals surface area contributed by atoms with Crippen LogP contribution in [0.2, 0.25) is 0 Å². The molecule has 0 bridgehead atoms. The number of nitrogens with one attached hydrogen (secondary N) is 1. The van der Waals surface area contributed by atoms with Crippen molar-refractivity contribution in [2.75, 3.05) is 19.6 Å². The van der Waals surface area contributed by atoms with E-state index in [-0.39, 0.29) is 0 Å². The number of hydrogen-bond donors (Lipinski definition) is 1. The van der Waals surface area contributed by atoms with Crippen molar-refractivity contribution in [3.8, 4) is 0 Å². The molecular weight excluding hydrogens is 206 g/mol. The second-order valence-corrected chi connectivity index (χ2v) is 6.37. The predicted molar refractivity (Wildman–Crippen MR) is 65.6 cm³/mol. The van der Waals surface area contributed by atoms with Gasteiger partial charge in [-0.15, -0.1) is 11.6 Å². The molecule has 1 heterocycles. The first-order valence-electron chi connectivity index (χ1n) is 6.71. The Morgan fingerprint density at radius 3 is 2.20 bits per heavy atom. The van der Waals surface area contributed by atoms with E-state index in [9.17, 15) is 0 Å². The first kappa shape index (κ1) is 11.7. The Labute approximate surface area is 99.2 Å². The summed E-state index contributed by atoms with van der Waals surface area (Å²) < 4.78 is 0. The van der Waals surface area contributed by atoms with Gasteiger partial charge in [-0.05, 0) is 44.4 Å². The lowest BCUT2D eigenvalue weighted by Gasteiger charge is -2.32. The zero-order chi connectivity index (χ0) is 10.7. The van der Waals surface area contributed by atoms with Crippen LogP contribution in [0, 0.1) is 11.8 Å². The minimum Gasteiger partial charge on any atom is -0.335 e. The third-order valence-electron chi connectivity index (χ3n) is 4.34. The molecule has 0 aromatic carbocycles. The molecule has 1 aliphatic heterocycles. The van der Waals surface area contributed by atoms with Crippen LogP contribution in [0.1, 0.15) is 45.4 Å². The van der Waals surface area contributed by atoms with Gasteiger partial charge in [-0.3, -0.25) is 0 Å². The van der Waals surface area contributed by atoms with E-state index in [2.05, 4.69) is 6.92 Å². The summed E-state index contributed by atoms with van der Waals surface area (Å²) in [5, 5.41) is 0.484. The van der Waals surface area contributed by atoms with Crippen LogP contribution in [0.25, 0.3) is 0 Å². The molecule has 88 valence electrons. The molecule has 1 N–H and O–H groups in total. The molecule has 0 spiro atoms. The fraction of sp³-hybridized carbons (Fsp3) is 1.00. The van der Waals surface area contributed by atoms with Gasteiger partial charge in [0.25, 0.3) is 0 Å². The Balaban J connectivity index is 1.68. The molecule has 0 aromatic rings. The minimum atomic E-state index is 0.484. The van der Waals surface area contributed by atoms with E-state index < -0.39 is 0 Å². The normalized spacial score (nSPS) is 42.8. The maximum absolute atomic E-state index is 6.14. The Hall–Kier alpha value is 0.250. The molecule has 15 heavy (non-hydrogen) atoms.